The lowest BCUT2D eigenvalue weighted by Gasteiger charge is -2.34. The average molecular weight is 377 g/mol. The zero-order valence-corrected chi connectivity index (χ0v) is 15.4. The van der Waals surface area contributed by atoms with Crippen LogP contribution in [0.15, 0.2) is 58.3 Å². The first kappa shape index (κ1) is 18.3. The van der Waals surface area contributed by atoms with Crippen molar-refractivity contribution in [2.75, 3.05) is 25.1 Å². The third kappa shape index (κ3) is 4.36. The predicted molar refractivity (Wildman–Crippen MR) is 102 cm³/mol. The molecular formula is C19H21ClN2O2S. The van der Waals surface area contributed by atoms with Gasteiger partial charge in [-0.3, -0.25) is 4.79 Å². The number of benzene rings is 2. The molecule has 0 unspecified atom stereocenters. The van der Waals surface area contributed by atoms with Crippen LogP contribution < -0.4 is 11.1 Å². The van der Waals surface area contributed by atoms with E-state index in [-0.39, 0.29) is 5.91 Å². The van der Waals surface area contributed by atoms with Crippen molar-refractivity contribution in [2.24, 2.45) is 11.1 Å². The summed E-state index contributed by atoms with van der Waals surface area (Å²) in [7, 11) is 0. The van der Waals surface area contributed by atoms with Gasteiger partial charge >= 0.3 is 0 Å². The van der Waals surface area contributed by atoms with Crippen molar-refractivity contribution in [2.45, 2.75) is 22.6 Å². The fourth-order valence-corrected chi connectivity index (χ4v) is 3.90. The normalized spacial score (nSPS) is 16.4. The van der Waals surface area contributed by atoms with E-state index in [9.17, 15) is 4.79 Å². The second kappa shape index (κ2) is 8.23. The minimum atomic E-state index is -0.525. The molecule has 3 N–H and O–H groups in total. The number of ether oxygens (including phenoxy) is 1. The molecule has 4 nitrogen and oxygen atoms in total. The molecule has 0 aromatic heterocycles. The number of nitrogens with one attached hydrogen (secondary N) is 1. The Morgan fingerprint density at radius 3 is 2.48 bits per heavy atom. The summed E-state index contributed by atoms with van der Waals surface area (Å²) >= 11 is 7.78. The van der Waals surface area contributed by atoms with Gasteiger partial charge in [-0.2, -0.15) is 0 Å². The summed E-state index contributed by atoms with van der Waals surface area (Å²) in [5, 5.41) is 3.73. The van der Waals surface area contributed by atoms with Gasteiger partial charge in [0.15, 0.2) is 0 Å². The van der Waals surface area contributed by atoms with Crippen LogP contribution in [0.4, 0.5) is 5.69 Å². The number of nitrogens with two attached hydrogens (primary N) is 1. The van der Waals surface area contributed by atoms with Crippen molar-refractivity contribution in [3.63, 3.8) is 0 Å². The molecule has 1 amide bonds. The Bertz CT molecular complexity index is 730. The Labute approximate surface area is 157 Å². The van der Waals surface area contributed by atoms with E-state index in [2.05, 4.69) is 5.32 Å². The van der Waals surface area contributed by atoms with Crippen LogP contribution in [0.1, 0.15) is 12.8 Å². The number of hydrogen-bond donors (Lipinski definition) is 2. The highest BCUT2D eigenvalue weighted by Gasteiger charge is 2.38. The van der Waals surface area contributed by atoms with E-state index in [1.165, 1.54) is 0 Å². The highest BCUT2D eigenvalue weighted by Crippen LogP contribution is 2.34. The van der Waals surface area contributed by atoms with Crippen LogP contribution in [0, 0.1) is 5.41 Å². The van der Waals surface area contributed by atoms with Gasteiger partial charge in [0.2, 0.25) is 5.91 Å². The minimum Gasteiger partial charge on any atom is -0.381 e. The Morgan fingerprint density at radius 2 is 1.84 bits per heavy atom. The van der Waals surface area contributed by atoms with E-state index >= 15 is 0 Å². The second-order valence-electron chi connectivity index (χ2n) is 6.11. The summed E-state index contributed by atoms with van der Waals surface area (Å²) in [5.41, 5.74) is 6.13. The first-order valence-corrected chi connectivity index (χ1v) is 9.44. The van der Waals surface area contributed by atoms with Crippen LogP contribution >= 0.6 is 23.4 Å². The maximum Gasteiger partial charge on any atom is 0.232 e. The number of rotatable bonds is 5. The molecule has 0 spiro atoms. The minimum absolute atomic E-state index is 0.0233. The van der Waals surface area contributed by atoms with Gasteiger partial charge in [0.25, 0.3) is 0 Å². The van der Waals surface area contributed by atoms with Crippen LogP contribution in [0.2, 0.25) is 5.02 Å². The van der Waals surface area contributed by atoms with Gasteiger partial charge in [0.1, 0.15) is 0 Å². The van der Waals surface area contributed by atoms with Crippen LogP contribution in [-0.4, -0.2) is 25.7 Å². The summed E-state index contributed by atoms with van der Waals surface area (Å²) in [6.45, 7) is 1.50. The first-order valence-electron chi connectivity index (χ1n) is 8.25. The summed E-state index contributed by atoms with van der Waals surface area (Å²) in [6, 6.07) is 15.5. The molecule has 0 saturated carbocycles. The van der Waals surface area contributed by atoms with Gasteiger partial charge in [-0.15, -0.1) is 0 Å². The van der Waals surface area contributed by atoms with Crippen LogP contribution in [0.3, 0.4) is 0 Å². The summed E-state index contributed by atoms with van der Waals surface area (Å²) in [6.07, 6.45) is 1.32. The molecule has 2 aromatic rings. The second-order valence-corrected chi connectivity index (χ2v) is 7.63. The molecule has 0 radical (unpaired) electrons. The fourth-order valence-electron chi connectivity index (χ4n) is 2.81. The molecule has 3 rings (SSSR count). The van der Waals surface area contributed by atoms with Gasteiger partial charge in [0, 0.05) is 35.2 Å². The monoisotopic (exact) mass is 376 g/mol. The lowest BCUT2D eigenvalue weighted by Crippen LogP contribution is -2.46. The predicted octanol–water partition coefficient (Wildman–Crippen LogP) is 4.19. The molecule has 1 fully saturated rings. The molecule has 1 aliphatic rings. The third-order valence-corrected chi connectivity index (χ3v) is 6.02. The van der Waals surface area contributed by atoms with Gasteiger partial charge < -0.3 is 15.8 Å². The van der Waals surface area contributed by atoms with Crippen LogP contribution in [0.25, 0.3) is 0 Å². The fraction of sp³-hybridized carbons (Fsp3) is 0.316. The van der Waals surface area contributed by atoms with Gasteiger partial charge in [0.05, 0.1) is 10.4 Å². The largest absolute Gasteiger partial charge is 0.381 e. The standard InChI is InChI=1S/C19H21ClN2O2S/c20-16-3-1-2-4-17(16)25-15-7-5-14(6-8-15)22-18(23)19(13-21)9-11-24-12-10-19/h1-8H,9-13,21H2,(H,22,23). The highest BCUT2D eigenvalue weighted by atomic mass is 35.5. The zero-order valence-electron chi connectivity index (χ0n) is 13.8. The molecule has 0 atom stereocenters. The molecule has 6 heteroatoms. The smallest absolute Gasteiger partial charge is 0.232 e. The molecule has 0 aliphatic carbocycles. The Morgan fingerprint density at radius 1 is 1.16 bits per heavy atom. The third-order valence-electron chi connectivity index (χ3n) is 4.50. The van der Waals surface area contributed by atoms with Crippen LogP contribution in [-0.2, 0) is 9.53 Å². The number of halogens is 1. The number of carbonyl (C=O) groups excluding carboxylic acids is 1. The molecule has 2 aromatic carbocycles. The zero-order chi connectivity index (χ0) is 17.7. The van der Waals surface area contributed by atoms with Crippen molar-refractivity contribution in [3.8, 4) is 0 Å². The van der Waals surface area contributed by atoms with E-state index in [1.807, 2.05) is 48.5 Å². The highest BCUT2D eigenvalue weighted by molar-refractivity contribution is 7.99. The van der Waals surface area contributed by atoms with Gasteiger partial charge in [-0.25, -0.2) is 0 Å². The Balaban J connectivity index is 1.66. The maximum atomic E-state index is 12.7. The Hall–Kier alpha value is -1.53. The summed E-state index contributed by atoms with van der Waals surface area (Å²) in [5.74, 6) is -0.0233. The van der Waals surface area contributed by atoms with E-state index < -0.39 is 5.41 Å². The number of anilines is 1. The quantitative estimate of drug-likeness (QED) is 0.821. The van der Waals surface area contributed by atoms with E-state index in [1.54, 1.807) is 11.8 Å². The van der Waals surface area contributed by atoms with Gasteiger partial charge in [-0.1, -0.05) is 35.5 Å². The molecule has 0 bridgehead atoms. The van der Waals surface area contributed by atoms with Gasteiger partial charge in [-0.05, 0) is 49.2 Å². The van der Waals surface area contributed by atoms with Crippen molar-refractivity contribution >= 4 is 35.0 Å². The maximum absolute atomic E-state index is 12.7. The van der Waals surface area contributed by atoms with Crippen molar-refractivity contribution in [3.05, 3.63) is 53.6 Å². The number of carbonyl (C=O) groups is 1. The first-order chi connectivity index (χ1) is 12.1. The van der Waals surface area contributed by atoms with Crippen molar-refractivity contribution < 1.29 is 9.53 Å². The number of hydrogen-bond acceptors (Lipinski definition) is 4. The molecular weight excluding hydrogens is 356 g/mol. The summed E-state index contributed by atoms with van der Waals surface area (Å²) in [4.78, 5) is 14.7. The molecule has 1 saturated heterocycles. The average Bonchev–Trinajstić information content (AvgIpc) is 2.65. The molecule has 1 heterocycles. The topological polar surface area (TPSA) is 64.4 Å². The Kier molecular flexibility index (Phi) is 6.02. The summed E-state index contributed by atoms with van der Waals surface area (Å²) < 4.78 is 5.36. The SMILES string of the molecule is NCC1(C(=O)Nc2ccc(Sc3ccccc3Cl)cc2)CCOCC1. The number of amides is 1. The van der Waals surface area contributed by atoms with Crippen molar-refractivity contribution in [1.82, 2.24) is 0 Å². The van der Waals surface area contributed by atoms with Crippen molar-refractivity contribution in [1.29, 1.82) is 0 Å². The molecule has 132 valence electrons. The van der Waals surface area contributed by atoms with E-state index in [0.29, 0.717) is 32.6 Å². The molecule has 1 aliphatic heterocycles. The van der Waals surface area contributed by atoms with E-state index in [4.69, 9.17) is 22.1 Å². The lowest BCUT2D eigenvalue weighted by molar-refractivity contribution is -0.130. The van der Waals surface area contributed by atoms with Crippen LogP contribution in [0.5, 0.6) is 0 Å². The molecule has 25 heavy (non-hydrogen) atoms. The van der Waals surface area contributed by atoms with E-state index in [0.717, 1.165) is 20.5 Å². The lowest BCUT2D eigenvalue weighted by atomic mass is 9.79.